The van der Waals surface area contributed by atoms with Crippen molar-refractivity contribution in [2.75, 3.05) is 17.9 Å². The summed E-state index contributed by atoms with van der Waals surface area (Å²) >= 11 is 0. The molecule has 1 aliphatic heterocycles. The number of nitrogens with one attached hydrogen (secondary N) is 2. The van der Waals surface area contributed by atoms with Gasteiger partial charge in [0.1, 0.15) is 6.61 Å². The Kier molecular flexibility index (Phi) is 9.81. The average Bonchev–Trinajstić information content (AvgIpc) is 2.94. The summed E-state index contributed by atoms with van der Waals surface area (Å²) < 4.78 is 41.3. The minimum atomic E-state index is -4.16. The summed E-state index contributed by atoms with van der Waals surface area (Å²) in [5, 5.41) is 2.91. The molecule has 0 radical (unpaired) electrons. The number of nitrogens with zero attached hydrogens (tertiary/aromatic N) is 3. The zero-order valence-electron chi connectivity index (χ0n) is 28.2. The van der Waals surface area contributed by atoms with Crippen molar-refractivity contribution in [2.24, 2.45) is 11.3 Å². The van der Waals surface area contributed by atoms with Gasteiger partial charge in [0.05, 0.1) is 22.7 Å². The van der Waals surface area contributed by atoms with Gasteiger partial charge >= 0.3 is 6.09 Å². The van der Waals surface area contributed by atoms with Gasteiger partial charge in [-0.1, -0.05) is 45.0 Å². The van der Waals surface area contributed by atoms with E-state index in [0.29, 0.717) is 31.5 Å². The molecule has 252 valence electrons. The number of amides is 2. The lowest BCUT2D eigenvalue weighted by atomic mass is 9.79. The number of fused-ring (bicyclic) bond motifs is 4. The first-order valence-corrected chi connectivity index (χ1v) is 17.6. The largest absolute Gasteiger partial charge is 0.475 e. The SMILES string of the molecule is Cc1cccc(C)c1-c1cc2nc(n1)NS(=O)(=O)c1cccc(c1)C(=O)N(CC1CC(NC(=O)OC(C)C)C1)[C@H](CC(C)(C)C)CO2. The second-order valence-corrected chi connectivity index (χ2v) is 15.8. The summed E-state index contributed by atoms with van der Waals surface area (Å²) in [4.78, 5) is 37.3. The van der Waals surface area contributed by atoms with Gasteiger partial charge in [-0.05, 0) is 87.6 Å². The first kappa shape index (κ1) is 34.2. The van der Waals surface area contributed by atoms with E-state index in [-0.39, 0.29) is 64.3 Å². The van der Waals surface area contributed by atoms with Gasteiger partial charge in [0.25, 0.3) is 15.9 Å². The molecule has 2 aromatic carbocycles. The summed E-state index contributed by atoms with van der Waals surface area (Å²) in [6.45, 7) is 14.4. The van der Waals surface area contributed by atoms with E-state index in [2.05, 4.69) is 40.8 Å². The van der Waals surface area contributed by atoms with Crippen LogP contribution in [0.3, 0.4) is 0 Å². The smallest absolute Gasteiger partial charge is 0.407 e. The molecule has 0 unspecified atom stereocenters. The van der Waals surface area contributed by atoms with Crippen LogP contribution in [0.1, 0.15) is 75.4 Å². The molecule has 12 heteroatoms. The van der Waals surface area contributed by atoms with Gasteiger partial charge in [0, 0.05) is 29.8 Å². The van der Waals surface area contributed by atoms with Crippen LogP contribution in [0.2, 0.25) is 0 Å². The molecule has 2 heterocycles. The molecule has 2 amide bonds. The number of carbonyl (C=O) groups is 2. The number of ether oxygens (including phenoxy) is 2. The molecule has 1 fully saturated rings. The van der Waals surface area contributed by atoms with Gasteiger partial charge in [-0.15, -0.1) is 0 Å². The molecule has 1 aliphatic carbocycles. The van der Waals surface area contributed by atoms with Crippen molar-refractivity contribution in [1.29, 1.82) is 0 Å². The molecule has 0 saturated heterocycles. The number of alkyl carbamates (subject to hydrolysis) is 1. The second-order valence-electron chi connectivity index (χ2n) is 14.1. The van der Waals surface area contributed by atoms with Crippen LogP contribution in [0.25, 0.3) is 11.3 Å². The Balaban J connectivity index is 1.53. The van der Waals surface area contributed by atoms with E-state index in [1.165, 1.54) is 12.1 Å². The van der Waals surface area contributed by atoms with E-state index in [9.17, 15) is 18.0 Å². The first-order chi connectivity index (χ1) is 22.1. The van der Waals surface area contributed by atoms with Gasteiger partial charge in [-0.3, -0.25) is 4.79 Å². The molecule has 3 aromatic rings. The van der Waals surface area contributed by atoms with E-state index in [1.807, 2.05) is 36.9 Å². The van der Waals surface area contributed by atoms with Crippen molar-refractivity contribution in [3.05, 3.63) is 65.2 Å². The van der Waals surface area contributed by atoms with Gasteiger partial charge < -0.3 is 19.7 Å². The molecule has 2 N–H and O–H groups in total. The molecule has 2 aliphatic rings. The maximum Gasteiger partial charge on any atom is 0.407 e. The Bertz CT molecular complexity index is 1730. The van der Waals surface area contributed by atoms with Crippen molar-refractivity contribution in [2.45, 2.75) is 90.8 Å². The van der Waals surface area contributed by atoms with Crippen LogP contribution in [0.5, 0.6) is 5.88 Å². The van der Waals surface area contributed by atoms with E-state index in [4.69, 9.17) is 9.47 Å². The van der Waals surface area contributed by atoms with E-state index >= 15 is 0 Å². The third-order valence-corrected chi connectivity index (χ3v) is 9.71. The van der Waals surface area contributed by atoms with Crippen molar-refractivity contribution in [3.8, 4) is 17.1 Å². The number of hydrogen-bond acceptors (Lipinski definition) is 8. The molecule has 4 bridgehead atoms. The van der Waals surface area contributed by atoms with Crippen LogP contribution in [0.15, 0.2) is 53.4 Å². The number of aromatic nitrogens is 2. The lowest BCUT2D eigenvalue weighted by Crippen LogP contribution is -2.52. The number of aryl methyl sites for hydroxylation is 2. The fraction of sp³-hybridized carbons (Fsp3) is 0.486. The average molecular weight is 664 g/mol. The Morgan fingerprint density at radius 3 is 2.43 bits per heavy atom. The third kappa shape index (κ3) is 8.40. The van der Waals surface area contributed by atoms with Crippen LogP contribution in [0, 0.1) is 25.2 Å². The van der Waals surface area contributed by atoms with Crippen molar-refractivity contribution in [1.82, 2.24) is 20.2 Å². The van der Waals surface area contributed by atoms with Crippen LogP contribution < -0.4 is 14.8 Å². The highest BCUT2D eigenvalue weighted by molar-refractivity contribution is 7.92. The van der Waals surface area contributed by atoms with Crippen LogP contribution in [-0.4, -0.2) is 66.6 Å². The van der Waals surface area contributed by atoms with E-state index in [1.54, 1.807) is 32.0 Å². The van der Waals surface area contributed by atoms with Crippen LogP contribution >= 0.6 is 0 Å². The van der Waals surface area contributed by atoms with Crippen LogP contribution in [0.4, 0.5) is 10.7 Å². The van der Waals surface area contributed by atoms with Crippen LogP contribution in [-0.2, 0) is 14.8 Å². The number of carbonyl (C=O) groups excluding carboxylic acids is 2. The lowest BCUT2D eigenvalue weighted by Gasteiger charge is -2.42. The topological polar surface area (TPSA) is 140 Å². The van der Waals surface area contributed by atoms with Crippen molar-refractivity contribution >= 4 is 28.0 Å². The molecule has 1 saturated carbocycles. The predicted molar refractivity (Wildman–Crippen MR) is 180 cm³/mol. The fourth-order valence-electron chi connectivity index (χ4n) is 6.27. The predicted octanol–water partition coefficient (Wildman–Crippen LogP) is 6.11. The number of anilines is 1. The molecule has 0 spiro atoms. The monoisotopic (exact) mass is 663 g/mol. The Morgan fingerprint density at radius 2 is 1.77 bits per heavy atom. The summed E-state index contributed by atoms with van der Waals surface area (Å²) in [6.07, 6.45) is 1.33. The fourth-order valence-corrected chi connectivity index (χ4v) is 7.26. The molecule has 1 aromatic heterocycles. The minimum absolute atomic E-state index is 0.0445. The quantitative estimate of drug-likeness (QED) is 0.322. The van der Waals surface area contributed by atoms with Gasteiger partial charge in [0.15, 0.2) is 0 Å². The summed E-state index contributed by atoms with van der Waals surface area (Å²) in [5.41, 5.74) is 3.42. The minimum Gasteiger partial charge on any atom is -0.475 e. The van der Waals surface area contributed by atoms with E-state index < -0.39 is 16.1 Å². The molecule has 1 atom stereocenters. The zero-order chi connectivity index (χ0) is 34.1. The maximum atomic E-state index is 14.3. The third-order valence-electron chi connectivity index (χ3n) is 8.39. The number of benzene rings is 2. The second kappa shape index (κ2) is 13.5. The standard InChI is InChI=1S/C35H45N5O6S/c1-21(2)46-34(42)36-26-14-24(15-26)19-40-27(18-35(5,6)7)20-45-30-17-29(31-22(3)10-8-11-23(31)4)37-33(38-30)39-47(43,44)28-13-9-12-25(16-28)32(40)41/h8-13,16-17,21,24,26-27H,14-15,18-20H2,1-7H3,(H,36,42)(H,37,38,39)/t24?,26?,27-/m1/s1. The summed E-state index contributed by atoms with van der Waals surface area (Å²) in [5.74, 6) is -0.0892. The highest BCUT2D eigenvalue weighted by Gasteiger charge is 2.37. The molecular weight excluding hydrogens is 618 g/mol. The molecule has 11 nitrogen and oxygen atoms in total. The van der Waals surface area contributed by atoms with Gasteiger partial charge in [0.2, 0.25) is 11.8 Å². The Morgan fingerprint density at radius 1 is 1.09 bits per heavy atom. The van der Waals surface area contributed by atoms with E-state index in [0.717, 1.165) is 16.7 Å². The Labute approximate surface area is 277 Å². The lowest BCUT2D eigenvalue weighted by molar-refractivity contribution is 0.0390. The number of hydrogen-bond donors (Lipinski definition) is 2. The summed E-state index contributed by atoms with van der Waals surface area (Å²) in [6, 6.07) is 13.2. The first-order valence-electron chi connectivity index (χ1n) is 16.1. The summed E-state index contributed by atoms with van der Waals surface area (Å²) in [7, 11) is -4.16. The van der Waals surface area contributed by atoms with Crippen molar-refractivity contribution < 1.29 is 27.5 Å². The number of sulfonamides is 1. The number of rotatable bonds is 6. The zero-order valence-corrected chi connectivity index (χ0v) is 29.0. The molecule has 47 heavy (non-hydrogen) atoms. The normalized spacial score (nSPS) is 20.9. The van der Waals surface area contributed by atoms with Gasteiger partial charge in [-0.2, -0.15) is 4.98 Å². The van der Waals surface area contributed by atoms with Gasteiger partial charge in [-0.25, -0.2) is 22.9 Å². The highest BCUT2D eigenvalue weighted by atomic mass is 32.2. The van der Waals surface area contributed by atoms with Crippen molar-refractivity contribution in [3.63, 3.8) is 0 Å². The molecular formula is C35H45N5O6S. The maximum absolute atomic E-state index is 14.3. The Hall–Kier alpha value is -4.19. The highest BCUT2D eigenvalue weighted by Crippen LogP contribution is 2.34. The molecule has 5 rings (SSSR count).